The number of nitrogens with one attached hydrogen (secondary N) is 1. The molecule has 5 nitrogen and oxygen atoms in total. The highest BCUT2D eigenvalue weighted by atomic mass is 32.2. The summed E-state index contributed by atoms with van der Waals surface area (Å²) in [4.78, 5) is 0.313. The summed E-state index contributed by atoms with van der Waals surface area (Å²) in [5.74, 6) is 0. The van der Waals surface area contributed by atoms with E-state index in [1.54, 1.807) is 27.7 Å². The molecule has 0 saturated carbocycles. The third-order valence-electron chi connectivity index (χ3n) is 3.70. The van der Waals surface area contributed by atoms with Crippen molar-refractivity contribution in [2.24, 2.45) is 0 Å². The van der Waals surface area contributed by atoms with Crippen LogP contribution < -0.4 is 5.32 Å². The van der Waals surface area contributed by atoms with Gasteiger partial charge in [-0.05, 0) is 57.9 Å². The van der Waals surface area contributed by atoms with E-state index in [1.165, 1.54) is 11.4 Å². The second kappa shape index (κ2) is 6.34. The molecule has 0 aromatic heterocycles. The van der Waals surface area contributed by atoms with Crippen molar-refractivity contribution in [2.75, 3.05) is 25.5 Å². The number of aryl methyl sites for hydroxylation is 2. The minimum Gasteiger partial charge on any atom is -0.394 e. The van der Waals surface area contributed by atoms with E-state index in [0.29, 0.717) is 16.0 Å². The number of rotatable bonds is 6. The standard InChI is InChI=1S/C15H26N2O3S/c1-7-16-13-8-11(2)14(12(3)9-13)21(19,20)17(6)15(4,5)10-18/h8-9,16,18H,7,10H2,1-6H3. The van der Waals surface area contributed by atoms with Crippen LogP contribution in [0.15, 0.2) is 17.0 Å². The van der Waals surface area contributed by atoms with Gasteiger partial charge < -0.3 is 10.4 Å². The van der Waals surface area contributed by atoms with Crippen LogP contribution in [-0.4, -0.2) is 43.6 Å². The van der Waals surface area contributed by atoms with E-state index < -0.39 is 15.6 Å². The van der Waals surface area contributed by atoms with Crippen molar-refractivity contribution in [2.45, 2.75) is 45.1 Å². The van der Waals surface area contributed by atoms with Crippen LogP contribution in [0.4, 0.5) is 5.69 Å². The van der Waals surface area contributed by atoms with Gasteiger partial charge in [-0.25, -0.2) is 8.42 Å². The Balaban J connectivity index is 3.39. The van der Waals surface area contributed by atoms with E-state index in [2.05, 4.69) is 5.32 Å². The zero-order valence-electron chi connectivity index (χ0n) is 13.7. The Morgan fingerprint density at radius 2 is 1.71 bits per heavy atom. The largest absolute Gasteiger partial charge is 0.394 e. The van der Waals surface area contributed by atoms with Crippen LogP contribution in [0.25, 0.3) is 0 Å². The predicted molar refractivity (Wildman–Crippen MR) is 86.2 cm³/mol. The number of likely N-dealkylation sites (N-methyl/N-ethyl adjacent to an activating group) is 1. The maximum Gasteiger partial charge on any atom is 0.243 e. The fraction of sp³-hybridized carbons (Fsp3) is 0.600. The van der Waals surface area contributed by atoms with E-state index in [0.717, 1.165) is 12.2 Å². The van der Waals surface area contributed by atoms with Crippen LogP contribution in [-0.2, 0) is 10.0 Å². The molecule has 0 aliphatic heterocycles. The van der Waals surface area contributed by atoms with Crippen LogP contribution in [0.1, 0.15) is 31.9 Å². The lowest BCUT2D eigenvalue weighted by atomic mass is 10.1. The summed E-state index contributed by atoms with van der Waals surface area (Å²) in [5.41, 5.74) is 1.46. The molecule has 120 valence electrons. The molecule has 0 aliphatic carbocycles. The first-order chi connectivity index (χ1) is 9.57. The molecule has 1 rings (SSSR count). The van der Waals surface area contributed by atoms with Gasteiger partial charge >= 0.3 is 0 Å². The molecule has 0 heterocycles. The minimum absolute atomic E-state index is 0.240. The molecule has 0 radical (unpaired) electrons. The first-order valence-electron chi connectivity index (χ1n) is 7.03. The van der Waals surface area contributed by atoms with Gasteiger partial charge in [-0.1, -0.05) is 0 Å². The molecule has 0 fully saturated rings. The Morgan fingerprint density at radius 1 is 1.24 bits per heavy atom. The summed E-state index contributed by atoms with van der Waals surface area (Å²) in [6.07, 6.45) is 0. The summed E-state index contributed by atoms with van der Waals surface area (Å²) in [7, 11) is -2.15. The van der Waals surface area contributed by atoms with Gasteiger partial charge in [-0.15, -0.1) is 0 Å². The highest BCUT2D eigenvalue weighted by Gasteiger charge is 2.35. The second-order valence-corrected chi connectivity index (χ2v) is 7.82. The van der Waals surface area contributed by atoms with Crippen LogP contribution in [0.5, 0.6) is 0 Å². The lowest BCUT2D eigenvalue weighted by Crippen LogP contribution is -2.47. The third kappa shape index (κ3) is 3.56. The number of benzene rings is 1. The molecule has 1 aromatic rings. The molecule has 0 amide bonds. The number of hydrogen-bond donors (Lipinski definition) is 2. The molecule has 0 spiro atoms. The minimum atomic E-state index is -3.66. The summed E-state index contributed by atoms with van der Waals surface area (Å²) in [6.45, 7) is 9.51. The molecule has 21 heavy (non-hydrogen) atoms. The van der Waals surface area contributed by atoms with Crippen LogP contribution in [0.3, 0.4) is 0 Å². The van der Waals surface area contributed by atoms with Crippen molar-refractivity contribution in [1.29, 1.82) is 0 Å². The van der Waals surface area contributed by atoms with Gasteiger partial charge in [-0.2, -0.15) is 4.31 Å². The van der Waals surface area contributed by atoms with E-state index >= 15 is 0 Å². The van der Waals surface area contributed by atoms with Gasteiger partial charge in [0.1, 0.15) is 0 Å². The molecule has 0 bridgehead atoms. The maximum absolute atomic E-state index is 12.8. The molecular formula is C15H26N2O3S. The van der Waals surface area contributed by atoms with Gasteiger partial charge in [-0.3, -0.25) is 0 Å². The average Bonchev–Trinajstić information content (AvgIpc) is 2.37. The van der Waals surface area contributed by atoms with Crippen molar-refractivity contribution in [3.8, 4) is 0 Å². The number of hydrogen-bond acceptors (Lipinski definition) is 4. The summed E-state index contributed by atoms with van der Waals surface area (Å²) < 4.78 is 26.9. The number of aliphatic hydroxyl groups is 1. The average molecular weight is 314 g/mol. The lowest BCUT2D eigenvalue weighted by molar-refractivity contribution is 0.138. The Bertz CT molecular complexity index is 586. The van der Waals surface area contributed by atoms with Crippen molar-refractivity contribution in [1.82, 2.24) is 4.31 Å². The monoisotopic (exact) mass is 314 g/mol. The maximum atomic E-state index is 12.8. The van der Waals surface area contributed by atoms with Crippen LogP contribution >= 0.6 is 0 Å². The molecule has 0 atom stereocenters. The zero-order valence-corrected chi connectivity index (χ0v) is 14.5. The molecule has 0 unspecified atom stereocenters. The van der Waals surface area contributed by atoms with E-state index in [1.807, 2.05) is 19.1 Å². The molecule has 1 aromatic carbocycles. The molecule has 0 aliphatic rings. The van der Waals surface area contributed by atoms with Gasteiger partial charge in [0.25, 0.3) is 0 Å². The molecule has 2 N–H and O–H groups in total. The molecular weight excluding hydrogens is 288 g/mol. The highest BCUT2D eigenvalue weighted by molar-refractivity contribution is 7.89. The first kappa shape index (κ1) is 17.9. The normalized spacial score (nSPS) is 12.8. The van der Waals surface area contributed by atoms with Gasteiger partial charge in [0.2, 0.25) is 10.0 Å². The van der Waals surface area contributed by atoms with Gasteiger partial charge in [0.05, 0.1) is 17.0 Å². The quantitative estimate of drug-likeness (QED) is 0.844. The van der Waals surface area contributed by atoms with Crippen molar-refractivity contribution in [3.63, 3.8) is 0 Å². The van der Waals surface area contributed by atoms with Crippen LogP contribution in [0.2, 0.25) is 0 Å². The Morgan fingerprint density at radius 3 is 2.10 bits per heavy atom. The highest BCUT2D eigenvalue weighted by Crippen LogP contribution is 2.29. The topological polar surface area (TPSA) is 69.6 Å². The lowest BCUT2D eigenvalue weighted by Gasteiger charge is -2.33. The Kier molecular flexibility index (Phi) is 5.41. The van der Waals surface area contributed by atoms with Crippen molar-refractivity contribution >= 4 is 15.7 Å². The van der Waals surface area contributed by atoms with E-state index in [9.17, 15) is 13.5 Å². The van der Waals surface area contributed by atoms with Crippen molar-refractivity contribution < 1.29 is 13.5 Å². The fourth-order valence-corrected chi connectivity index (χ4v) is 4.14. The molecule has 0 saturated heterocycles. The zero-order chi connectivity index (χ0) is 16.4. The summed E-state index contributed by atoms with van der Waals surface area (Å²) in [6, 6.07) is 3.67. The Hall–Kier alpha value is -1.11. The number of aliphatic hydroxyl groups excluding tert-OH is 1. The fourth-order valence-electron chi connectivity index (χ4n) is 2.23. The van der Waals surface area contributed by atoms with E-state index in [-0.39, 0.29) is 6.61 Å². The van der Waals surface area contributed by atoms with Gasteiger partial charge in [0.15, 0.2) is 0 Å². The van der Waals surface area contributed by atoms with Crippen molar-refractivity contribution in [3.05, 3.63) is 23.3 Å². The third-order valence-corrected chi connectivity index (χ3v) is 6.07. The number of anilines is 1. The first-order valence-corrected chi connectivity index (χ1v) is 8.47. The van der Waals surface area contributed by atoms with Gasteiger partial charge in [0, 0.05) is 19.3 Å². The predicted octanol–water partition coefficient (Wildman–Crippen LogP) is 2.13. The number of sulfonamides is 1. The Labute approximate surface area is 128 Å². The smallest absolute Gasteiger partial charge is 0.243 e. The summed E-state index contributed by atoms with van der Waals surface area (Å²) >= 11 is 0. The second-order valence-electron chi connectivity index (χ2n) is 5.91. The SMILES string of the molecule is CCNc1cc(C)c(S(=O)(=O)N(C)C(C)(C)CO)c(C)c1. The van der Waals surface area contributed by atoms with E-state index in [4.69, 9.17) is 0 Å². The van der Waals surface area contributed by atoms with Crippen LogP contribution in [0, 0.1) is 13.8 Å². The molecule has 6 heteroatoms. The summed E-state index contributed by atoms with van der Waals surface area (Å²) in [5, 5.41) is 12.6. The number of nitrogens with zero attached hydrogens (tertiary/aromatic N) is 1.